The Hall–Kier alpha value is -1.97. The Morgan fingerprint density at radius 2 is 2.18 bits per heavy atom. The fourth-order valence-electron chi connectivity index (χ4n) is 2.59. The Labute approximate surface area is 99.4 Å². The second kappa shape index (κ2) is 3.80. The first-order chi connectivity index (χ1) is 8.28. The second-order valence-corrected chi connectivity index (χ2v) is 4.46. The van der Waals surface area contributed by atoms with Crippen molar-refractivity contribution in [2.75, 3.05) is 7.05 Å². The van der Waals surface area contributed by atoms with Gasteiger partial charge in [0.25, 0.3) is 0 Å². The molecule has 0 radical (unpaired) electrons. The van der Waals surface area contributed by atoms with Crippen LogP contribution in [0.25, 0.3) is 10.9 Å². The van der Waals surface area contributed by atoms with Crippen molar-refractivity contribution in [3.8, 4) is 0 Å². The van der Waals surface area contributed by atoms with Crippen molar-refractivity contribution in [2.24, 2.45) is 0 Å². The van der Waals surface area contributed by atoms with Crippen LogP contribution in [0.2, 0.25) is 0 Å². The van der Waals surface area contributed by atoms with Gasteiger partial charge >= 0.3 is 6.03 Å². The topological polar surface area (TPSA) is 56.9 Å². The van der Waals surface area contributed by atoms with Crippen LogP contribution in [0.1, 0.15) is 11.3 Å². The summed E-state index contributed by atoms with van der Waals surface area (Å²) in [4.78, 5) is 14.7. The van der Waals surface area contributed by atoms with Crippen LogP contribution < -0.4 is 10.6 Å². The van der Waals surface area contributed by atoms with Gasteiger partial charge in [0.1, 0.15) is 0 Å². The molecule has 17 heavy (non-hydrogen) atoms. The molecule has 1 atom stereocenters. The molecule has 1 aliphatic rings. The number of para-hydroxylation sites is 1. The number of hydrogen-bond donors (Lipinski definition) is 3. The van der Waals surface area contributed by atoms with Gasteiger partial charge in [-0.05, 0) is 18.1 Å². The lowest BCUT2D eigenvalue weighted by molar-refractivity contribution is 0.239. The molecule has 0 saturated carbocycles. The quantitative estimate of drug-likeness (QED) is 0.683. The van der Waals surface area contributed by atoms with Crippen molar-refractivity contribution in [3.05, 3.63) is 35.5 Å². The van der Waals surface area contributed by atoms with Crippen LogP contribution in [0.5, 0.6) is 0 Å². The van der Waals surface area contributed by atoms with Crippen LogP contribution in [0, 0.1) is 0 Å². The minimum Gasteiger partial charge on any atom is -0.358 e. The van der Waals surface area contributed by atoms with E-state index >= 15 is 0 Å². The molecule has 2 aromatic rings. The van der Waals surface area contributed by atoms with E-state index in [4.69, 9.17) is 0 Å². The van der Waals surface area contributed by atoms with Crippen LogP contribution in [-0.2, 0) is 12.8 Å². The van der Waals surface area contributed by atoms with E-state index in [1.54, 1.807) is 7.05 Å². The smallest absolute Gasteiger partial charge is 0.314 e. The van der Waals surface area contributed by atoms with Gasteiger partial charge in [0.05, 0.1) is 0 Å². The summed E-state index contributed by atoms with van der Waals surface area (Å²) in [5, 5.41) is 6.83. The predicted molar refractivity (Wildman–Crippen MR) is 67.1 cm³/mol. The number of carbonyl (C=O) groups is 1. The maximum Gasteiger partial charge on any atom is 0.314 e. The highest BCUT2D eigenvalue weighted by Crippen LogP contribution is 2.29. The van der Waals surface area contributed by atoms with E-state index in [2.05, 4.69) is 33.8 Å². The Bertz CT molecular complexity index is 573. The maximum atomic E-state index is 11.3. The number of nitrogens with one attached hydrogen (secondary N) is 3. The van der Waals surface area contributed by atoms with Crippen molar-refractivity contribution in [1.29, 1.82) is 0 Å². The highest BCUT2D eigenvalue weighted by molar-refractivity contribution is 5.85. The molecule has 1 aromatic carbocycles. The summed E-state index contributed by atoms with van der Waals surface area (Å²) >= 11 is 0. The van der Waals surface area contributed by atoms with Gasteiger partial charge in [0.15, 0.2) is 0 Å². The predicted octanol–water partition coefficient (Wildman–Crippen LogP) is 1.56. The largest absolute Gasteiger partial charge is 0.358 e. The van der Waals surface area contributed by atoms with Crippen molar-refractivity contribution >= 4 is 16.9 Å². The molecule has 1 aliphatic carbocycles. The Kier molecular flexibility index (Phi) is 2.28. The molecule has 3 N–H and O–H groups in total. The third-order valence-electron chi connectivity index (χ3n) is 3.37. The average molecular weight is 229 g/mol. The van der Waals surface area contributed by atoms with Gasteiger partial charge in [-0.2, -0.15) is 0 Å². The molecule has 4 nitrogen and oxygen atoms in total. The van der Waals surface area contributed by atoms with Gasteiger partial charge in [-0.1, -0.05) is 18.2 Å². The summed E-state index contributed by atoms with van der Waals surface area (Å²) in [6.07, 6.45) is 1.80. The fraction of sp³-hybridized carbons (Fsp3) is 0.308. The summed E-state index contributed by atoms with van der Waals surface area (Å²) in [5.74, 6) is 0. The molecule has 3 rings (SSSR count). The lowest BCUT2D eigenvalue weighted by atomic mass is 10.1. The Morgan fingerprint density at radius 3 is 3.00 bits per heavy atom. The van der Waals surface area contributed by atoms with Crippen molar-refractivity contribution in [2.45, 2.75) is 18.9 Å². The number of hydrogen-bond acceptors (Lipinski definition) is 1. The molecule has 0 fully saturated rings. The van der Waals surface area contributed by atoms with Crippen LogP contribution in [0.3, 0.4) is 0 Å². The van der Waals surface area contributed by atoms with Crippen LogP contribution in [-0.4, -0.2) is 24.1 Å². The molecule has 1 unspecified atom stereocenters. The second-order valence-electron chi connectivity index (χ2n) is 4.46. The zero-order valence-electron chi connectivity index (χ0n) is 9.71. The van der Waals surface area contributed by atoms with Gasteiger partial charge in [0, 0.05) is 36.1 Å². The summed E-state index contributed by atoms with van der Waals surface area (Å²) < 4.78 is 0. The summed E-state index contributed by atoms with van der Waals surface area (Å²) in [6, 6.07) is 8.41. The summed E-state index contributed by atoms with van der Waals surface area (Å²) in [6.45, 7) is 0. The number of amides is 2. The Balaban J connectivity index is 1.87. The normalized spacial score (nSPS) is 18.1. The monoisotopic (exact) mass is 229 g/mol. The number of fused-ring (bicyclic) bond motifs is 3. The van der Waals surface area contributed by atoms with Crippen molar-refractivity contribution in [3.63, 3.8) is 0 Å². The standard InChI is InChI=1S/C13H15N3O/c1-14-13(17)15-8-6-10-9-4-2-3-5-11(9)16-12(10)7-8/h2-5,8,16H,6-7H2,1H3,(H2,14,15,17). The SMILES string of the molecule is CNC(=O)NC1Cc2[nH]c3ccccc3c2C1. The number of H-pyrrole nitrogens is 1. The van der Waals surface area contributed by atoms with E-state index in [0.717, 1.165) is 12.8 Å². The third-order valence-corrected chi connectivity index (χ3v) is 3.37. The molecule has 2 amide bonds. The first-order valence-corrected chi connectivity index (χ1v) is 5.84. The average Bonchev–Trinajstić information content (AvgIpc) is 2.85. The number of rotatable bonds is 1. The van der Waals surface area contributed by atoms with Crippen molar-refractivity contribution < 1.29 is 4.79 Å². The molecule has 0 spiro atoms. The minimum absolute atomic E-state index is 0.107. The summed E-state index contributed by atoms with van der Waals surface area (Å²) in [5.41, 5.74) is 3.80. The van der Waals surface area contributed by atoms with E-state index in [0.29, 0.717) is 0 Å². The number of aromatic amines is 1. The first-order valence-electron chi connectivity index (χ1n) is 5.84. The highest BCUT2D eigenvalue weighted by atomic mass is 16.2. The first kappa shape index (κ1) is 10.2. The molecular weight excluding hydrogens is 214 g/mol. The molecular formula is C13H15N3O. The van der Waals surface area contributed by atoms with Crippen LogP contribution >= 0.6 is 0 Å². The fourth-order valence-corrected chi connectivity index (χ4v) is 2.59. The number of benzene rings is 1. The van der Waals surface area contributed by atoms with Gasteiger partial charge in [-0.15, -0.1) is 0 Å². The van der Waals surface area contributed by atoms with Gasteiger partial charge in [-0.25, -0.2) is 4.79 Å². The zero-order valence-corrected chi connectivity index (χ0v) is 9.71. The molecule has 88 valence electrons. The minimum atomic E-state index is -0.107. The number of carbonyl (C=O) groups excluding carboxylic acids is 1. The molecule has 1 heterocycles. The molecule has 0 aliphatic heterocycles. The van der Waals surface area contributed by atoms with Gasteiger partial charge in [-0.3, -0.25) is 0 Å². The Morgan fingerprint density at radius 1 is 1.35 bits per heavy atom. The molecule has 0 bridgehead atoms. The maximum absolute atomic E-state index is 11.3. The van der Waals surface area contributed by atoms with Gasteiger partial charge in [0.2, 0.25) is 0 Å². The lowest BCUT2D eigenvalue weighted by Gasteiger charge is -2.11. The summed E-state index contributed by atoms with van der Waals surface area (Å²) in [7, 11) is 1.64. The van der Waals surface area contributed by atoms with Crippen molar-refractivity contribution in [1.82, 2.24) is 15.6 Å². The lowest BCUT2D eigenvalue weighted by Crippen LogP contribution is -2.41. The molecule has 4 heteroatoms. The van der Waals surface area contributed by atoms with Gasteiger partial charge < -0.3 is 15.6 Å². The van der Waals surface area contributed by atoms with E-state index in [9.17, 15) is 4.79 Å². The zero-order chi connectivity index (χ0) is 11.8. The van der Waals surface area contributed by atoms with E-state index in [1.165, 1.54) is 22.2 Å². The number of aromatic nitrogens is 1. The van der Waals surface area contributed by atoms with Crippen LogP contribution in [0.4, 0.5) is 4.79 Å². The van der Waals surface area contributed by atoms with E-state index in [1.807, 2.05) is 6.07 Å². The highest BCUT2D eigenvalue weighted by Gasteiger charge is 2.25. The molecule has 0 saturated heterocycles. The van der Waals surface area contributed by atoms with E-state index < -0.39 is 0 Å². The van der Waals surface area contributed by atoms with Crippen LogP contribution in [0.15, 0.2) is 24.3 Å². The number of urea groups is 1. The van der Waals surface area contributed by atoms with E-state index in [-0.39, 0.29) is 12.1 Å². The molecule has 1 aromatic heterocycles. The third kappa shape index (κ3) is 1.65.